The molecule has 37 heavy (non-hydrogen) atoms. The van der Waals surface area contributed by atoms with E-state index in [0.29, 0.717) is 13.2 Å². The second-order valence-corrected chi connectivity index (χ2v) is 10.7. The third-order valence-corrected chi connectivity index (χ3v) is 8.16. The number of piperazine rings is 1. The Labute approximate surface area is 219 Å². The molecule has 3 aromatic rings. The van der Waals surface area contributed by atoms with E-state index in [-0.39, 0.29) is 11.7 Å². The number of rotatable bonds is 9. The molecule has 1 aliphatic heterocycles. The number of hydrogen-bond acceptors (Lipinski definition) is 4. The summed E-state index contributed by atoms with van der Waals surface area (Å²) in [5.41, 5.74) is 7.33. The third-order valence-electron chi connectivity index (χ3n) is 8.16. The Morgan fingerprint density at radius 2 is 1.84 bits per heavy atom. The number of fused-ring (bicyclic) bond motifs is 1. The van der Waals surface area contributed by atoms with Gasteiger partial charge in [0.15, 0.2) is 0 Å². The minimum atomic E-state index is -0.219. The molecule has 1 saturated carbocycles. The number of methoxy groups -OCH3 is 1. The zero-order valence-electron chi connectivity index (χ0n) is 22.6. The number of ether oxygens (including phenoxy) is 1. The van der Waals surface area contributed by atoms with Gasteiger partial charge in [0.25, 0.3) is 5.91 Å². The van der Waals surface area contributed by atoms with Gasteiger partial charge in [-0.3, -0.25) is 9.69 Å². The van der Waals surface area contributed by atoms with Crippen LogP contribution in [0.15, 0.2) is 30.3 Å². The van der Waals surface area contributed by atoms with Crippen LogP contribution in [0.25, 0.3) is 10.9 Å². The summed E-state index contributed by atoms with van der Waals surface area (Å²) in [5, 5.41) is 4.77. The molecule has 0 radical (unpaired) electrons. The molecule has 1 saturated heterocycles. The van der Waals surface area contributed by atoms with Crippen LogP contribution in [-0.4, -0.2) is 66.7 Å². The van der Waals surface area contributed by atoms with E-state index in [1.54, 1.807) is 13.2 Å². The molecule has 2 aliphatic rings. The van der Waals surface area contributed by atoms with Crippen LogP contribution in [0.5, 0.6) is 0 Å². The minimum absolute atomic E-state index is 0.0845. The van der Waals surface area contributed by atoms with E-state index < -0.39 is 0 Å². The van der Waals surface area contributed by atoms with Gasteiger partial charge in [0.1, 0.15) is 5.82 Å². The fourth-order valence-electron chi connectivity index (χ4n) is 5.45. The summed E-state index contributed by atoms with van der Waals surface area (Å²) in [6.45, 7) is 12.6. The summed E-state index contributed by atoms with van der Waals surface area (Å²) < 4.78 is 21.3. The maximum absolute atomic E-state index is 13.7. The first kappa shape index (κ1) is 25.7. The van der Waals surface area contributed by atoms with Crippen LogP contribution in [0, 0.1) is 32.5 Å². The van der Waals surface area contributed by atoms with Crippen LogP contribution in [0.1, 0.15) is 45.6 Å². The van der Waals surface area contributed by atoms with Gasteiger partial charge < -0.3 is 19.5 Å². The van der Waals surface area contributed by atoms with Crippen LogP contribution < -0.4 is 5.32 Å². The summed E-state index contributed by atoms with van der Waals surface area (Å²) in [6, 6.07) is 9.05. The van der Waals surface area contributed by atoms with Crippen LogP contribution in [-0.2, 0) is 17.8 Å². The van der Waals surface area contributed by atoms with Gasteiger partial charge in [0, 0.05) is 69.6 Å². The summed E-state index contributed by atoms with van der Waals surface area (Å²) in [7, 11) is 1.72. The standard InChI is InChI=1S/C30H39FN4O2/c1-20-15-26(31)8-7-24(20)18-32-28-17-25(30(36)34-11-9-33(10-12-34)13-14-37-4)16-27-21(2)22(3)35(29(27)28)19-23-5-6-23/h7-8,15-17,23,32H,5-6,9-14,18-19H2,1-4H3. The van der Waals surface area contributed by atoms with E-state index in [1.807, 2.05) is 24.0 Å². The molecule has 1 N–H and O–H groups in total. The largest absolute Gasteiger partial charge is 0.383 e. The van der Waals surface area contributed by atoms with Crippen molar-refractivity contribution in [2.75, 3.05) is 51.8 Å². The number of carbonyl (C=O) groups excluding carboxylic acids is 1. The molecule has 2 fully saturated rings. The van der Waals surface area contributed by atoms with Gasteiger partial charge in [-0.1, -0.05) is 6.07 Å². The quantitative estimate of drug-likeness (QED) is 0.437. The average Bonchev–Trinajstić information content (AvgIpc) is 3.69. The fourth-order valence-corrected chi connectivity index (χ4v) is 5.45. The smallest absolute Gasteiger partial charge is 0.254 e. The number of amides is 1. The Balaban J connectivity index is 1.46. The van der Waals surface area contributed by atoms with Crippen molar-refractivity contribution in [3.8, 4) is 0 Å². The molecule has 1 aliphatic carbocycles. The Bertz CT molecular complexity index is 1290. The Kier molecular flexibility index (Phi) is 7.54. The predicted molar refractivity (Wildman–Crippen MR) is 147 cm³/mol. The number of aromatic nitrogens is 1. The Morgan fingerprint density at radius 1 is 1.08 bits per heavy atom. The van der Waals surface area contributed by atoms with E-state index in [2.05, 4.69) is 34.7 Å². The van der Waals surface area contributed by atoms with E-state index >= 15 is 0 Å². The first-order valence-corrected chi connectivity index (χ1v) is 13.5. The highest BCUT2D eigenvalue weighted by molar-refractivity contribution is 6.04. The van der Waals surface area contributed by atoms with Crippen molar-refractivity contribution in [2.24, 2.45) is 5.92 Å². The number of anilines is 1. The minimum Gasteiger partial charge on any atom is -0.383 e. The van der Waals surface area contributed by atoms with Gasteiger partial charge in [-0.05, 0) is 80.5 Å². The van der Waals surface area contributed by atoms with Gasteiger partial charge in [-0.25, -0.2) is 4.39 Å². The molecule has 0 atom stereocenters. The number of hydrogen-bond donors (Lipinski definition) is 1. The van der Waals surface area contributed by atoms with Gasteiger partial charge in [0.2, 0.25) is 0 Å². The highest BCUT2D eigenvalue weighted by atomic mass is 19.1. The van der Waals surface area contributed by atoms with E-state index in [1.165, 1.54) is 35.7 Å². The van der Waals surface area contributed by atoms with Crippen molar-refractivity contribution in [1.29, 1.82) is 0 Å². The lowest BCUT2D eigenvalue weighted by Gasteiger charge is -2.34. The highest BCUT2D eigenvalue weighted by Gasteiger charge is 2.27. The normalized spacial score (nSPS) is 16.5. The second kappa shape index (κ2) is 10.8. The number of nitrogens with zero attached hydrogens (tertiary/aromatic N) is 3. The molecule has 6 nitrogen and oxygen atoms in total. The maximum atomic E-state index is 13.7. The van der Waals surface area contributed by atoms with Crippen molar-refractivity contribution >= 4 is 22.5 Å². The Morgan fingerprint density at radius 3 is 2.51 bits per heavy atom. The first-order valence-electron chi connectivity index (χ1n) is 13.5. The number of halogens is 1. The zero-order valence-corrected chi connectivity index (χ0v) is 22.6. The average molecular weight is 507 g/mol. The molecular weight excluding hydrogens is 467 g/mol. The van der Waals surface area contributed by atoms with E-state index in [4.69, 9.17) is 4.74 Å². The van der Waals surface area contributed by atoms with Gasteiger partial charge >= 0.3 is 0 Å². The van der Waals surface area contributed by atoms with Gasteiger partial charge in [0.05, 0.1) is 17.8 Å². The first-order chi connectivity index (χ1) is 17.9. The topological polar surface area (TPSA) is 49.7 Å². The third kappa shape index (κ3) is 5.53. The Hall–Kier alpha value is -2.90. The van der Waals surface area contributed by atoms with Gasteiger partial charge in [-0.15, -0.1) is 0 Å². The maximum Gasteiger partial charge on any atom is 0.254 e. The molecule has 1 aromatic heterocycles. The van der Waals surface area contributed by atoms with Crippen molar-refractivity contribution in [3.63, 3.8) is 0 Å². The molecule has 2 heterocycles. The molecule has 0 unspecified atom stereocenters. The number of benzene rings is 2. The van der Waals surface area contributed by atoms with E-state index in [9.17, 15) is 9.18 Å². The molecule has 7 heteroatoms. The van der Waals surface area contributed by atoms with Crippen molar-refractivity contribution in [2.45, 2.75) is 46.7 Å². The lowest BCUT2D eigenvalue weighted by molar-refractivity contribution is 0.0594. The number of aryl methyl sites for hydroxylation is 2. The molecule has 0 spiro atoms. The van der Waals surface area contributed by atoms with Crippen LogP contribution in [0.3, 0.4) is 0 Å². The molecule has 2 aromatic carbocycles. The summed E-state index contributed by atoms with van der Waals surface area (Å²) in [6.07, 6.45) is 2.56. The molecular formula is C30H39FN4O2. The second-order valence-electron chi connectivity index (χ2n) is 10.7. The summed E-state index contributed by atoms with van der Waals surface area (Å²) in [4.78, 5) is 18.0. The lowest BCUT2D eigenvalue weighted by atomic mass is 10.0. The van der Waals surface area contributed by atoms with E-state index in [0.717, 1.165) is 73.0 Å². The molecule has 5 rings (SSSR count). The number of carbonyl (C=O) groups is 1. The van der Waals surface area contributed by atoms with Crippen molar-refractivity contribution < 1.29 is 13.9 Å². The van der Waals surface area contributed by atoms with Crippen LogP contribution in [0.4, 0.5) is 10.1 Å². The van der Waals surface area contributed by atoms with Crippen molar-refractivity contribution in [3.05, 3.63) is 64.1 Å². The highest BCUT2D eigenvalue weighted by Crippen LogP contribution is 2.38. The molecule has 1 amide bonds. The number of nitrogens with one attached hydrogen (secondary N) is 1. The SMILES string of the molecule is COCCN1CCN(C(=O)c2cc(NCc3ccc(F)cc3C)c3c(c2)c(C)c(C)n3CC2CC2)CC1. The summed E-state index contributed by atoms with van der Waals surface area (Å²) >= 11 is 0. The van der Waals surface area contributed by atoms with Crippen LogP contribution in [0.2, 0.25) is 0 Å². The molecule has 198 valence electrons. The summed E-state index contributed by atoms with van der Waals surface area (Å²) in [5.74, 6) is 0.598. The van der Waals surface area contributed by atoms with Crippen molar-refractivity contribution in [1.82, 2.24) is 14.4 Å². The predicted octanol–water partition coefficient (Wildman–Crippen LogP) is 5.13. The monoisotopic (exact) mass is 506 g/mol. The molecule has 0 bridgehead atoms. The zero-order chi connectivity index (χ0) is 26.1. The van der Waals surface area contributed by atoms with Crippen LogP contribution >= 0.6 is 0 Å². The van der Waals surface area contributed by atoms with Gasteiger partial charge in [-0.2, -0.15) is 0 Å². The fraction of sp³-hybridized carbons (Fsp3) is 0.500. The lowest BCUT2D eigenvalue weighted by Crippen LogP contribution is -2.49.